The molecule has 2 aromatic rings. The number of hydrogen-bond donors (Lipinski definition) is 1. The number of ether oxygens (including phenoxy) is 2. The molecule has 1 aromatic carbocycles. The number of nitrogens with zero attached hydrogens (tertiary/aromatic N) is 2. The van der Waals surface area contributed by atoms with Gasteiger partial charge in [0.05, 0.1) is 6.10 Å². The monoisotopic (exact) mass is 302 g/mol. The number of benzene rings is 1. The van der Waals surface area contributed by atoms with Crippen LogP contribution in [0.15, 0.2) is 36.5 Å². The minimum atomic E-state index is -0.366. The molecule has 1 aliphatic rings. The van der Waals surface area contributed by atoms with Crippen molar-refractivity contribution in [2.45, 2.75) is 26.1 Å². The minimum Gasteiger partial charge on any atom is -0.454 e. The smallest absolute Gasteiger partial charge is 0.231 e. The van der Waals surface area contributed by atoms with Crippen molar-refractivity contribution in [1.29, 1.82) is 0 Å². The normalized spacial score (nSPS) is 14.5. The highest BCUT2D eigenvalue weighted by Crippen LogP contribution is 2.32. The van der Waals surface area contributed by atoms with E-state index in [1.54, 1.807) is 0 Å². The Bertz CT molecular complexity index is 637. The molecular weight excluding hydrogens is 280 g/mol. The standard InChI is InChI=1S/C17H22N2O3/c1-13(20)9-19(11-15-4-3-7-18(15)2)10-14-5-6-16-17(8-14)22-12-21-16/h3-8,13,20H,9-12H2,1-2H3. The van der Waals surface area contributed by atoms with Crippen LogP contribution in [-0.4, -0.2) is 34.0 Å². The van der Waals surface area contributed by atoms with E-state index in [2.05, 4.69) is 15.5 Å². The van der Waals surface area contributed by atoms with Gasteiger partial charge >= 0.3 is 0 Å². The van der Waals surface area contributed by atoms with Crippen molar-refractivity contribution in [2.24, 2.45) is 7.05 Å². The molecule has 1 aromatic heterocycles. The van der Waals surface area contributed by atoms with Gasteiger partial charge in [-0.1, -0.05) is 6.07 Å². The average molecular weight is 302 g/mol. The van der Waals surface area contributed by atoms with E-state index in [1.165, 1.54) is 5.69 Å². The second-order valence-corrected chi connectivity index (χ2v) is 5.82. The topological polar surface area (TPSA) is 46.9 Å². The van der Waals surface area contributed by atoms with Crippen molar-refractivity contribution in [3.63, 3.8) is 0 Å². The molecule has 118 valence electrons. The molecule has 0 bridgehead atoms. The Kier molecular flexibility index (Phi) is 4.36. The van der Waals surface area contributed by atoms with Gasteiger partial charge in [0.2, 0.25) is 6.79 Å². The highest BCUT2D eigenvalue weighted by Gasteiger charge is 2.16. The van der Waals surface area contributed by atoms with E-state index in [1.807, 2.05) is 44.4 Å². The summed E-state index contributed by atoms with van der Waals surface area (Å²) < 4.78 is 12.9. The Morgan fingerprint density at radius 3 is 2.77 bits per heavy atom. The molecule has 2 heterocycles. The zero-order valence-corrected chi connectivity index (χ0v) is 13.0. The number of aliphatic hydroxyl groups excluding tert-OH is 1. The Morgan fingerprint density at radius 1 is 1.23 bits per heavy atom. The average Bonchev–Trinajstić information content (AvgIpc) is 3.07. The van der Waals surface area contributed by atoms with E-state index < -0.39 is 0 Å². The molecule has 1 atom stereocenters. The molecule has 0 radical (unpaired) electrons. The number of aromatic nitrogens is 1. The Morgan fingerprint density at radius 2 is 2.05 bits per heavy atom. The van der Waals surface area contributed by atoms with Crippen LogP contribution in [0.4, 0.5) is 0 Å². The van der Waals surface area contributed by atoms with Crippen molar-refractivity contribution < 1.29 is 14.6 Å². The van der Waals surface area contributed by atoms with E-state index in [-0.39, 0.29) is 6.10 Å². The summed E-state index contributed by atoms with van der Waals surface area (Å²) in [6.07, 6.45) is 1.67. The third kappa shape index (κ3) is 3.43. The lowest BCUT2D eigenvalue weighted by molar-refractivity contribution is 0.116. The fourth-order valence-electron chi connectivity index (χ4n) is 2.75. The zero-order valence-electron chi connectivity index (χ0n) is 13.0. The summed E-state index contributed by atoms with van der Waals surface area (Å²) in [5.41, 5.74) is 2.38. The summed E-state index contributed by atoms with van der Waals surface area (Å²) in [7, 11) is 2.04. The lowest BCUT2D eigenvalue weighted by Gasteiger charge is -2.24. The second kappa shape index (κ2) is 6.42. The van der Waals surface area contributed by atoms with Gasteiger partial charge in [0.15, 0.2) is 11.5 Å². The van der Waals surface area contributed by atoms with Crippen LogP contribution in [0.3, 0.4) is 0 Å². The molecule has 5 nitrogen and oxygen atoms in total. The Labute approximate surface area is 130 Å². The van der Waals surface area contributed by atoms with Crippen LogP contribution in [-0.2, 0) is 20.1 Å². The first-order valence-corrected chi connectivity index (χ1v) is 7.51. The number of rotatable bonds is 6. The predicted molar refractivity (Wildman–Crippen MR) is 83.8 cm³/mol. The van der Waals surface area contributed by atoms with Crippen LogP contribution < -0.4 is 9.47 Å². The number of hydrogen-bond acceptors (Lipinski definition) is 4. The van der Waals surface area contributed by atoms with E-state index in [0.717, 1.165) is 30.2 Å². The fourth-order valence-corrected chi connectivity index (χ4v) is 2.75. The van der Waals surface area contributed by atoms with Crippen LogP contribution in [0.25, 0.3) is 0 Å². The van der Waals surface area contributed by atoms with Crippen LogP contribution in [0, 0.1) is 0 Å². The zero-order chi connectivity index (χ0) is 15.5. The van der Waals surface area contributed by atoms with Crippen molar-refractivity contribution in [1.82, 2.24) is 9.47 Å². The molecule has 1 unspecified atom stereocenters. The molecule has 0 spiro atoms. The van der Waals surface area contributed by atoms with E-state index in [0.29, 0.717) is 13.3 Å². The van der Waals surface area contributed by atoms with Gasteiger partial charge in [-0.3, -0.25) is 4.90 Å². The first-order valence-electron chi connectivity index (χ1n) is 7.51. The number of fused-ring (bicyclic) bond motifs is 1. The first-order chi connectivity index (χ1) is 10.6. The van der Waals surface area contributed by atoms with Gasteiger partial charge in [0, 0.05) is 38.6 Å². The van der Waals surface area contributed by atoms with Gasteiger partial charge in [0.25, 0.3) is 0 Å². The Hall–Kier alpha value is -1.98. The third-order valence-electron chi connectivity index (χ3n) is 3.80. The maximum absolute atomic E-state index is 9.76. The summed E-state index contributed by atoms with van der Waals surface area (Å²) in [6.45, 7) is 4.28. The van der Waals surface area contributed by atoms with E-state index >= 15 is 0 Å². The summed E-state index contributed by atoms with van der Waals surface area (Å²) in [4.78, 5) is 2.23. The third-order valence-corrected chi connectivity index (χ3v) is 3.80. The highest BCUT2D eigenvalue weighted by atomic mass is 16.7. The van der Waals surface area contributed by atoms with Gasteiger partial charge in [-0.05, 0) is 36.8 Å². The van der Waals surface area contributed by atoms with E-state index in [9.17, 15) is 5.11 Å². The van der Waals surface area contributed by atoms with Crippen molar-refractivity contribution in [3.8, 4) is 11.5 Å². The summed E-state index contributed by atoms with van der Waals surface area (Å²) >= 11 is 0. The van der Waals surface area contributed by atoms with Crippen molar-refractivity contribution in [2.75, 3.05) is 13.3 Å². The highest BCUT2D eigenvalue weighted by molar-refractivity contribution is 5.44. The molecule has 0 amide bonds. The molecular formula is C17H22N2O3. The van der Waals surface area contributed by atoms with E-state index in [4.69, 9.17) is 9.47 Å². The van der Waals surface area contributed by atoms with Crippen molar-refractivity contribution >= 4 is 0 Å². The van der Waals surface area contributed by atoms with Gasteiger partial charge in [-0.25, -0.2) is 0 Å². The largest absolute Gasteiger partial charge is 0.454 e. The predicted octanol–water partition coefficient (Wildman–Crippen LogP) is 2.14. The molecule has 0 saturated heterocycles. The number of aryl methyl sites for hydroxylation is 1. The summed E-state index contributed by atoms with van der Waals surface area (Å²) in [5.74, 6) is 1.60. The molecule has 3 rings (SSSR count). The van der Waals surface area contributed by atoms with Gasteiger partial charge < -0.3 is 19.1 Å². The molecule has 0 aliphatic carbocycles. The maximum Gasteiger partial charge on any atom is 0.231 e. The minimum absolute atomic E-state index is 0.291. The lowest BCUT2D eigenvalue weighted by Crippen LogP contribution is -2.30. The molecule has 1 N–H and O–H groups in total. The molecule has 1 aliphatic heterocycles. The van der Waals surface area contributed by atoms with Gasteiger partial charge in [-0.15, -0.1) is 0 Å². The fraction of sp³-hybridized carbons (Fsp3) is 0.412. The summed E-state index contributed by atoms with van der Waals surface area (Å²) in [5, 5.41) is 9.76. The molecule has 0 saturated carbocycles. The van der Waals surface area contributed by atoms with Gasteiger partial charge in [0.1, 0.15) is 0 Å². The quantitative estimate of drug-likeness (QED) is 0.888. The molecule has 0 fully saturated rings. The first kappa shape index (κ1) is 14.9. The second-order valence-electron chi connectivity index (χ2n) is 5.82. The van der Waals surface area contributed by atoms with Gasteiger partial charge in [-0.2, -0.15) is 0 Å². The molecule has 22 heavy (non-hydrogen) atoms. The number of aliphatic hydroxyl groups is 1. The van der Waals surface area contributed by atoms with Crippen molar-refractivity contribution in [3.05, 3.63) is 47.8 Å². The maximum atomic E-state index is 9.76. The summed E-state index contributed by atoms with van der Waals surface area (Å²) in [6, 6.07) is 10.2. The Balaban J connectivity index is 1.73. The van der Waals surface area contributed by atoms with Crippen LogP contribution in [0.1, 0.15) is 18.2 Å². The van der Waals surface area contributed by atoms with Crippen LogP contribution in [0.5, 0.6) is 11.5 Å². The van der Waals surface area contributed by atoms with Crippen LogP contribution >= 0.6 is 0 Å². The molecule has 5 heteroatoms. The SMILES string of the molecule is CC(O)CN(Cc1ccc2c(c1)OCO2)Cc1cccn1C. The van der Waals surface area contributed by atoms with Crippen LogP contribution in [0.2, 0.25) is 0 Å². The lowest BCUT2D eigenvalue weighted by atomic mass is 10.1.